The van der Waals surface area contributed by atoms with Crippen LogP contribution in [-0.4, -0.2) is 28.3 Å². The summed E-state index contributed by atoms with van der Waals surface area (Å²) < 4.78 is 0. The number of pyridine rings is 1. The van der Waals surface area contributed by atoms with Crippen LogP contribution in [0.4, 0.5) is 0 Å². The zero-order valence-electron chi connectivity index (χ0n) is 15.5. The molecule has 2 heterocycles. The Morgan fingerprint density at radius 3 is 2.86 bits per heavy atom. The fourth-order valence-electron chi connectivity index (χ4n) is 2.99. The van der Waals surface area contributed by atoms with E-state index < -0.39 is 5.92 Å². The third-order valence-electron chi connectivity index (χ3n) is 4.53. The minimum atomic E-state index is -0.410. The molecule has 0 radical (unpaired) electrons. The lowest BCUT2D eigenvalue weighted by atomic mass is 9.94. The van der Waals surface area contributed by atoms with E-state index in [0.717, 1.165) is 17.0 Å². The summed E-state index contributed by atoms with van der Waals surface area (Å²) in [5.41, 5.74) is 1.68. The first-order chi connectivity index (χ1) is 13.5. The molecule has 0 spiro atoms. The topological polar surface area (TPSA) is 83.1 Å². The van der Waals surface area contributed by atoms with Crippen molar-refractivity contribution in [1.29, 1.82) is 0 Å². The predicted octanol–water partition coefficient (Wildman–Crippen LogP) is 2.68. The van der Waals surface area contributed by atoms with Gasteiger partial charge in [-0.25, -0.2) is 0 Å². The fourth-order valence-corrected chi connectivity index (χ4v) is 4.25. The average Bonchev–Trinajstić information content (AvgIpc) is 2.68. The number of nitrogens with zero attached hydrogens (tertiary/aromatic N) is 1. The quantitative estimate of drug-likeness (QED) is 0.644. The molecule has 3 rings (SSSR count). The number of rotatable bonds is 7. The molecule has 28 heavy (non-hydrogen) atoms. The smallest absolute Gasteiger partial charge is 0.227 e. The molecule has 1 aliphatic rings. The van der Waals surface area contributed by atoms with Crippen molar-refractivity contribution in [3.8, 4) is 0 Å². The van der Waals surface area contributed by atoms with Gasteiger partial charge in [-0.1, -0.05) is 29.8 Å². The SMILES string of the molecule is CC1NC(SCc2cccc(Cl)c2)NC(=O)C1CC(=O)NCc1ccccn1. The highest BCUT2D eigenvalue weighted by molar-refractivity contribution is 7.99. The van der Waals surface area contributed by atoms with Crippen LogP contribution >= 0.6 is 23.4 Å². The second kappa shape index (κ2) is 9.91. The van der Waals surface area contributed by atoms with Crippen molar-refractivity contribution in [2.24, 2.45) is 5.92 Å². The second-order valence-corrected chi connectivity index (χ2v) is 8.22. The minimum Gasteiger partial charge on any atom is -0.350 e. The van der Waals surface area contributed by atoms with Crippen LogP contribution in [0.25, 0.3) is 0 Å². The minimum absolute atomic E-state index is 0.105. The molecule has 3 atom stereocenters. The van der Waals surface area contributed by atoms with Gasteiger partial charge in [0.15, 0.2) is 0 Å². The van der Waals surface area contributed by atoms with E-state index in [1.807, 2.05) is 49.4 Å². The molecule has 1 fully saturated rings. The van der Waals surface area contributed by atoms with Crippen molar-refractivity contribution in [2.45, 2.75) is 37.2 Å². The van der Waals surface area contributed by atoms with E-state index in [1.165, 1.54) is 0 Å². The standard InChI is InChI=1S/C20H23ClN4O2S/c1-13-17(10-18(26)23-11-16-7-2-3-8-22-16)19(27)25-20(24-13)28-12-14-5-4-6-15(21)9-14/h2-9,13,17,20,24H,10-12H2,1H3,(H,23,26)(H,25,27). The van der Waals surface area contributed by atoms with Gasteiger partial charge in [-0.05, 0) is 36.8 Å². The molecule has 6 nitrogen and oxygen atoms in total. The number of halogens is 1. The van der Waals surface area contributed by atoms with Gasteiger partial charge in [-0.15, -0.1) is 11.8 Å². The van der Waals surface area contributed by atoms with E-state index in [4.69, 9.17) is 11.6 Å². The van der Waals surface area contributed by atoms with Crippen LogP contribution in [0.1, 0.15) is 24.6 Å². The molecular weight excluding hydrogens is 396 g/mol. The van der Waals surface area contributed by atoms with Crippen molar-refractivity contribution in [1.82, 2.24) is 20.9 Å². The summed E-state index contributed by atoms with van der Waals surface area (Å²) in [6.45, 7) is 2.29. The third kappa shape index (κ3) is 5.95. The first kappa shape index (κ1) is 20.6. The lowest BCUT2D eigenvalue weighted by Gasteiger charge is -2.35. The lowest BCUT2D eigenvalue weighted by molar-refractivity contribution is -0.133. The van der Waals surface area contributed by atoms with Crippen LogP contribution in [0.3, 0.4) is 0 Å². The van der Waals surface area contributed by atoms with Gasteiger partial charge in [0.1, 0.15) is 5.50 Å². The summed E-state index contributed by atoms with van der Waals surface area (Å²) in [5, 5.41) is 9.84. The fraction of sp³-hybridized carbons (Fsp3) is 0.350. The molecule has 2 amide bonds. The van der Waals surface area contributed by atoms with Gasteiger partial charge in [0.25, 0.3) is 0 Å². The Morgan fingerprint density at radius 2 is 2.14 bits per heavy atom. The van der Waals surface area contributed by atoms with E-state index in [0.29, 0.717) is 11.6 Å². The summed E-state index contributed by atoms with van der Waals surface area (Å²) in [6.07, 6.45) is 1.82. The van der Waals surface area contributed by atoms with Gasteiger partial charge in [0.05, 0.1) is 18.2 Å². The molecule has 0 saturated carbocycles. The number of benzene rings is 1. The summed E-state index contributed by atoms with van der Waals surface area (Å²) in [7, 11) is 0. The number of nitrogens with one attached hydrogen (secondary N) is 3. The molecule has 2 aromatic rings. The highest BCUT2D eigenvalue weighted by Crippen LogP contribution is 2.23. The zero-order valence-corrected chi connectivity index (χ0v) is 17.1. The number of hydrogen-bond acceptors (Lipinski definition) is 5. The molecule has 3 unspecified atom stereocenters. The van der Waals surface area contributed by atoms with Crippen molar-refractivity contribution in [3.05, 3.63) is 64.9 Å². The summed E-state index contributed by atoms with van der Waals surface area (Å²) in [5.74, 6) is 0.0413. The molecule has 1 aliphatic heterocycles. The van der Waals surface area contributed by atoms with Gasteiger partial charge >= 0.3 is 0 Å². The maximum atomic E-state index is 12.5. The first-order valence-corrected chi connectivity index (χ1v) is 10.5. The van der Waals surface area contributed by atoms with Crippen molar-refractivity contribution in [2.75, 3.05) is 0 Å². The highest BCUT2D eigenvalue weighted by atomic mass is 35.5. The van der Waals surface area contributed by atoms with E-state index in [2.05, 4.69) is 20.9 Å². The molecule has 1 aromatic heterocycles. The van der Waals surface area contributed by atoms with Crippen LogP contribution < -0.4 is 16.0 Å². The second-order valence-electron chi connectivity index (χ2n) is 6.69. The lowest BCUT2D eigenvalue weighted by Crippen LogP contribution is -2.59. The maximum absolute atomic E-state index is 12.5. The average molecular weight is 419 g/mol. The van der Waals surface area contributed by atoms with E-state index >= 15 is 0 Å². The highest BCUT2D eigenvalue weighted by Gasteiger charge is 2.34. The maximum Gasteiger partial charge on any atom is 0.227 e. The van der Waals surface area contributed by atoms with Gasteiger partial charge in [0, 0.05) is 29.4 Å². The van der Waals surface area contributed by atoms with E-state index in [1.54, 1.807) is 18.0 Å². The molecule has 1 saturated heterocycles. The first-order valence-electron chi connectivity index (χ1n) is 9.10. The van der Waals surface area contributed by atoms with Crippen LogP contribution in [0.5, 0.6) is 0 Å². The molecule has 148 valence electrons. The number of thioether (sulfide) groups is 1. The number of aromatic nitrogens is 1. The van der Waals surface area contributed by atoms with E-state index in [9.17, 15) is 9.59 Å². The molecular formula is C20H23ClN4O2S. The van der Waals surface area contributed by atoms with Crippen LogP contribution in [-0.2, 0) is 21.9 Å². The molecule has 0 bridgehead atoms. The number of amides is 2. The van der Waals surface area contributed by atoms with Crippen molar-refractivity contribution < 1.29 is 9.59 Å². The van der Waals surface area contributed by atoms with Crippen LogP contribution in [0.15, 0.2) is 48.7 Å². The van der Waals surface area contributed by atoms with Crippen molar-refractivity contribution in [3.63, 3.8) is 0 Å². The Kier molecular flexibility index (Phi) is 7.30. The van der Waals surface area contributed by atoms with Crippen molar-refractivity contribution >= 4 is 35.2 Å². The van der Waals surface area contributed by atoms with Crippen LogP contribution in [0.2, 0.25) is 5.02 Å². The van der Waals surface area contributed by atoms with Gasteiger partial charge in [-0.2, -0.15) is 0 Å². The Labute approximate surface area is 173 Å². The summed E-state index contributed by atoms with van der Waals surface area (Å²) >= 11 is 7.59. The van der Waals surface area contributed by atoms with Gasteiger partial charge in [-0.3, -0.25) is 19.9 Å². The Hall–Kier alpha value is -2.09. The largest absolute Gasteiger partial charge is 0.350 e. The summed E-state index contributed by atoms with van der Waals surface area (Å²) in [4.78, 5) is 28.9. The number of hydrogen-bond donors (Lipinski definition) is 3. The third-order valence-corrected chi connectivity index (χ3v) is 5.85. The Morgan fingerprint density at radius 1 is 1.29 bits per heavy atom. The number of carbonyl (C=O) groups is 2. The number of carbonyl (C=O) groups excluding carboxylic acids is 2. The van der Waals surface area contributed by atoms with Gasteiger partial charge < -0.3 is 10.6 Å². The molecule has 1 aromatic carbocycles. The van der Waals surface area contributed by atoms with Gasteiger partial charge in [0.2, 0.25) is 11.8 Å². The normalized spacial score (nSPS) is 21.8. The Balaban J connectivity index is 1.46. The molecule has 3 N–H and O–H groups in total. The van der Waals surface area contributed by atoms with E-state index in [-0.39, 0.29) is 29.8 Å². The monoisotopic (exact) mass is 418 g/mol. The Bertz CT molecular complexity index is 821. The summed E-state index contributed by atoms with van der Waals surface area (Å²) in [6, 6.07) is 13.1. The zero-order chi connectivity index (χ0) is 19.9. The van der Waals surface area contributed by atoms with Crippen LogP contribution in [0, 0.1) is 5.92 Å². The predicted molar refractivity (Wildman–Crippen MR) is 111 cm³/mol. The molecule has 0 aliphatic carbocycles. The molecule has 8 heteroatoms.